The number of benzene rings is 1. The molecule has 6 heteroatoms. The molecule has 0 saturated carbocycles. The zero-order valence-electron chi connectivity index (χ0n) is 16.5. The molecular weight excluding hydrogens is 352 g/mol. The molecule has 2 aromatic heterocycles. The van der Waals surface area contributed by atoms with Crippen LogP contribution in [0.25, 0.3) is 10.9 Å². The molecule has 1 atom stereocenters. The number of aryl methyl sites for hydroxylation is 2. The van der Waals surface area contributed by atoms with Crippen LogP contribution in [0.1, 0.15) is 35.0 Å². The molecule has 0 unspecified atom stereocenters. The number of pyridine rings is 1. The highest BCUT2D eigenvalue weighted by Gasteiger charge is 2.25. The van der Waals surface area contributed by atoms with E-state index in [0.29, 0.717) is 26.2 Å². The van der Waals surface area contributed by atoms with Crippen molar-refractivity contribution in [2.45, 2.75) is 39.3 Å². The van der Waals surface area contributed by atoms with Gasteiger partial charge in [-0.3, -0.25) is 14.5 Å². The van der Waals surface area contributed by atoms with Crippen LogP contribution in [0.15, 0.2) is 42.7 Å². The van der Waals surface area contributed by atoms with Crippen LogP contribution in [0.5, 0.6) is 0 Å². The third kappa shape index (κ3) is 3.92. The molecule has 1 aliphatic heterocycles. The standard InChI is InChI=1S/C22H26N4O2/c1-3-17-6-7-21-19(13-17)20(12-16(2)24-21)22(27)25-9-5-11-28-18(14-25)15-26-10-4-8-23-26/h4,6-8,10,12-13,18H,3,5,9,11,14-15H2,1-2H3/t18-/m1/s1. The molecule has 0 N–H and O–H groups in total. The van der Waals surface area contributed by atoms with Gasteiger partial charge < -0.3 is 9.64 Å². The Labute approximate surface area is 165 Å². The molecular formula is C22H26N4O2. The van der Waals surface area contributed by atoms with Gasteiger partial charge in [0.25, 0.3) is 5.91 Å². The van der Waals surface area contributed by atoms with E-state index in [9.17, 15) is 4.79 Å². The summed E-state index contributed by atoms with van der Waals surface area (Å²) in [5.74, 6) is 0.0553. The Balaban J connectivity index is 1.63. The number of ether oxygens (including phenoxy) is 1. The molecule has 28 heavy (non-hydrogen) atoms. The number of carbonyl (C=O) groups is 1. The second-order valence-corrected chi connectivity index (χ2v) is 7.34. The van der Waals surface area contributed by atoms with Crippen LogP contribution in [0.2, 0.25) is 0 Å². The van der Waals surface area contributed by atoms with E-state index in [1.165, 1.54) is 5.56 Å². The Bertz CT molecular complexity index is 968. The molecule has 4 rings (SSSR count). The van der Waals surface area contributed by atoms with Crippen molar-refractivity contribution in [1.29, 1.82) is 0 Å². The van der Waals surface area contributed by atoms with Gasteiger partial charge in [0, 0.05) is 43.2 Å². The van der Waals surface area contributed by atoms with Gasteiger partial charge in [0.15, 0.2) is 0 Å². The SMILES string of the molecule is CCc1ccc2nc(C)cc(C(=O)N3CCCO[C@@H](Cn4cccn4)C3)c2c1. The highest BCUT2D eigenvalue weighted by molar-refractivity contribution is 6.06. The first-order chi connectivity index (χ1) is 13.6. The second kappa shape index (κ2) is 8.10. The third-order valence-corrected chi connectivity index (χ3v) is 5.23. The van der Waals surface area contributed by atoms with Gasteiger partial charge in [0.1, 0.15) is 0 Å². The van der Waals surface area contributed by atoms with Gasteiger partial charge in [-0.25, -0.2) is 0 Å². The van der Waals surface area contributed by atoms with Crippen molar-refractivity contribution < 1.29 is 9.53 Å². The van der Waals surface area contributed by atoms with Crippen LogP contribution >= 0.6 is 0 Å². The summed E-state index contributed by atoms with van der Waals surface area (Å²) in [7, 11) is 0. The number of rotatable bonds is 4. The van der Waals surface area contributed by atoms with Crippen LogP contribution < -0.4 is 0 Å². The van der Waals surface area contributed by atoms with Gasteiger partial charge in [-0.15, -0.1) is 0 Å². The fourth-order valence-electron chi connectivity index (χ4n) is 3.78. The maximum Gasteiger partial charge on any atom is 0.254 e. The monoisotopic (exact) mass is 378 g/mol. The predicted molar refractivity (Wildman–Crippen MR) is 108 cm³/mol. The van der Waals surface area contributed by atoms with E-state index >= 15 is 0 Å². The first-order valence-corrected chi connectivity index (χ1v) is 9.92. The smallest absolute Gasteiger partial charge is 0.254 e. The minimum Gasteiger partial charge on any atom is -0.374 e. The Kier molecular flexibility index (Phi) is 5.39. The number of nitrogens with zero attached hydrogens (tertiary/aromatic N) is 4. The topological polar surface area (TPSA) is 60.3 Å². The summed E-state index contributed by atoms with van der Waals surface area (Å²) in [4.78, 5) is 20.0. The number of hydrogen-bond donors (Lipinski definition) is 0. The fraction of sp³-hybridized carbons (Fsp3) is 0.409. The molecule has 3 aromatic rings. The van der Waals surface area contributed by atoms with Crippen LogP contribution in [0.3, 0.4) is 0 Å². The highest BCUT2D eigenvalue weighted by Crippen LogP contribution is 2.23. The van der Waals surface area contributed by atoms with Gasteiger partial charge >= 0.3 is 0 Å². The summed E-state index contributed by atoms with van der Waals surface area (Å²) in [5, 5.41) is 5.20. The predicted octanol–water partition coefficient (Wildman–Crippen LogP) is 3.23. The van der Waals surface area contributed by atoms with Crippen molar-refractivity contribution in [2.24, 2.45) is 0 Å². The van der Waals surface area contributed by atoms with E-state index in [4.69, 9.17) is 4.74 Å². The fourth-order valence-corrected chi connectivity index (χ4v) is 3.78. The summed E-state index contributed by atoms with van der Waals surface area (Å²) in [6.45, 7) is 6.63. The van der Waals surface area contributed by atoms with Crippen LogP contribution in [-0.4, -0.2) is 51.4 Å². The number of carbonyl (C=O) groups excluding carboxylic acids is 1. The lowest BCUT2D eigenvalue weighted by Crippen LogP contribution is -2.38. The minimum atomic E-state index is -0.0632. The number of fused-ring (bicyclic) bond motifs is 1. The van der Waals surface area contributed by atoms with Gasteiger partial charge in [0.05, 0.1) is 23.7 Å². The van der Waals surface area contributed by atoms with E-state index < -0.39 is 0 Å². The van der Waals surface area contributed by atoms with Crippen molar-refractivity contribution in [3.05, 3.63) is 59.5 Å². The molecule has 0 aliphatic carbocycles. The average molecular weight is 378 g/mol. The van der Waals surface area contributed by atoms with Crippen molar-refractivity contribution in [3.8, 4) is 0 Å². The molecule has 0 spiro atoms. The first kappa shape index (κ1) is 18.6. The zero-order chi connectivity index (χ0) is 19.5. The number of aromatic nitrogens is 3. The molecule has 1 aromatic carbocycles. The van der Waals surface area contributed by atoms with Gasteiger partial charge in [-0.05, 0) is 49.6 Å². The summed E-state index contributed by atoms with van der Waals surface area (Å²) in [6.07, 6.45) is 5.39. The van der Waals surface area contributed by atoms with E-state index in [1.807, 2.05) is 40.9 Å². The van der Waals surface area contributed by atoms with E-state index in [-0.39, 0.29) is 12.0 Å². The highest BCUT2D eigenvalue weighted by atomic mass is 16.5. The van der Waals surface area contributed by atoms with E-state index in [2.05, 4.69) is 29.1 Å². The summed E-state index contributed by atoms with van der Waals surface area (Å²) < 4.78 is 7.83. The molecule has 1 fully saturated rings. The lowest BCUT2D eigenvalue weighted by molar-refractivity contribution is 0.0368. The van der Waals surface area contributed by atoms with Crippen LogP contribution in [0.4, 0.5) is 0 Å². The van der Waals surface area contributed by atoms with Crippen molar-refractivity contribution in [3.63, 3.8) is 0 Å². The van der Waals surface area contributed by atoms with Crippen LogP contribution in [-0.2, 0) is 17.7 Å². The van der Waals surface area contributed by atoms with Crippen molar-refractivity contribution in [2.75, 3.05) is 19.7 Å². The molecule has 6 nitrogen and oxygen atoms in total. The largest absolute Gasteiger partial charge is 0.374 e. The van der Waals surface area contributed by atoms with Gasteiger partial charge in [-0.2, -0.15) is 5.10 Å². The van der Waals surface area contributed by atoms with E-state index in [0.717, 1.165) is 35.0 Å². The summed E-state index contributed by atoms with van der Waals surface area (Å²) in [5.41, 5.74) is 3.68. The Morgan fingerprint density at radius 2 is 2.21 bits per heavy atom. The van der Waals surface area contributed by atoms with Gasteiger partial charge in [-0.1, -0.05) is 13.0 Å². The number of amides is 1. The van der Waals surface area contributed by atoms with E-state index in [1.54, 1.807) is 6.20 Å². The van der Waals surface area contributed by atoms with Gasteiger partial charge in [0.2, 0.25) is 0 Å². The minimum absolute atomic E-state index is 0.0553. The zero-order valence-corrected chi connectivity index (χ0v) is 16.5. The maximum absolute atomic E-state index is 13.5. The normalized spacial score (nSPS) is 17.6. The third-order valence-electron chi connectivity index (χ3n) is 5.23. The Hall–Kier alpha value is -2.73. The molecule has 0 radical (unpaired) electrons. The van der Waals surface area contributed by atoms with Crippen LogP contribution in [0, 0.1) is 6.92 Å². The molecule has 146 valence electrons. The first-order valence-electron chi connectivity index (χ1n) is 9.92. The Morgan fingerprint density at radius 1 is 1.32 bits per heavy atom. The molecule has 1 saturated heterocycles. The lowest BCUT2D eigenvalue weighted by Gasteiger charge is -2.25. The average Bonchev–Trinajstić information content (AvgIpc) is 3.10. The van der Waals surface area contributed by atoms with Crippen molar-refractivity contribution in [1.82, 2.24) is 19.7 Å². The molecule has 3 heterocycles. The summed E-state index contributed by atoms with van der Waals surface area (Å²) in [6, 6.07) is 10.0. The Morgan fingerprint density at radius 3 is 3.00 bits per heavy atom. The maximum atomic E-state index is 13.5. The number of hydrogen-bond acceptors (Lipinski definition) is 4. The molecule has 1 amide bonds. The van der Waals surface area contributed by atoms with Crippen molar-refractivity contribution >= 4 is 16.8 Å². The quantitative estimate of drug-likeness (QED) is 0.699. The molecule has 0 bridgehead atoms. The lowest BCUT2D eigenvalue weighted by atomic mass is 10.0. The second-order valence-electron chi connectivity index (χ2n) is 7.34. The summed E-state index contributed by atoms with van der Waals surface area (Å²) >= 11 is 0. The molecule has 1 aliphatic rings.